The van der Waals surface area contributed by atoms with Gasteiger partial charge in [-0.25, -0.2) is 0 Å². The Labute approximate surface area is 126 Å². The van der Waals surface area contributed by atoms with E-state index in [-0.39, 0.29) is 11.1 Å². The maximum absolute atomic E-state index is 6.26. The lowest BCUT2D eigenvalue weighted by molar-refractivity contribution is -0.134. The quantitative estimate of drug-likeness (QED) is 0.693. The molecule has 0 amide bonds. The molecule has 1 aliphatic rings. The molecule has 120 valence electrons. The Bertz CT molecular complexity index is 282. The summed E-state index contributed by atoms with van der Waals surface area (Å²) in [4.78, 5) is 2.67. The fraction of sp³-hybridized carbons (Fsp3) is 1.00. The van der Waals surface area contributed by atoms with Crippen LogP contribution < -0.4 is 5.73 Å². The number of nitrogens with two attached hydrogens (primary N) is 1. The molecule has 0 aromatic rings. The molecular formula is C17H36N2O. The van der Waals surface area contributed by atoms with Gasteiger partial charge in [-0.1, -0.05) is 26.7 Å². The van der Waals surface area contributed by atoms with Crippen LogP contribution in [0, 0.1) is 0 Å². The van der Waals surface area contributed by atoms with Crippen LogP contribution in [0.5, 0.6) is 0 Å². The van der Waals surface area contributed by atoms with Gasteiger partial charge >= 0.3 is 0 Å². The summed E-state index contributed by atoms with van der Waals surface area (Å²) in [6.07, 6.45) is 7.07. The molecule has 20 heavy (non-hydrogen) atoms. The lowest BCUT2D eigenvalue weighted by Crippen LogP contribution is -2.63. The normalized spacial score (nSPS) is 31.2. The molecular weight excluding hydrogens is 248 g/mol. The molecule has 1 fully saturated rings. The molecule has 1 rings (SSSR count). The molecule has 1 aliphatic heterocycles. The zero-order valence-electron chi connectivity index (χ0n) is 14.4. The highest BCUT2D eigenvalue weighted by Gasteiger charge is 2.45. The van der Waals surface area contributed by atoms with Crippen molar-refractivity contribution < 1.29 is 4.74 Å². The third kappa shape index (κ3) is 4.19. The Morgan fingerprint density at radius 3 is 2.45 bits per heavy atom. The Hall–Kier alpha value is -0.120. The fourth-order valence-electron chi connectivity index (χ4n) is 3.66. The summed E-state index contributed by atoms with van der Waals surface area (Å²) in [5.41, 5.74) is 6.39. The van der Waals surface area contributed by atoms with Gasteiger partial charge in [0.1, 0.15) is 0 Å². The molecule has 2 unspecified atom stereocenters. The van der Waals surface area contributed by atoms with Crippen molar-refractivity contribution in [3.8, 4) is 0 Å². The molecule has 0 spiro atoms. The molecule has 1 saturated heterocycles. The smallest absolute Gasteiger partial charge is 0.0670 e. The van der Waals surface area contributed by atoms with Gasteiger partial charge in [-0.05, 0) is 53.0 Å². The molecule has 0 aromatic heterocycles. The average molecular weight is 284 g/mol. The van der Waals surface area contributed by atoms with Gasteiger partial charge in [-0.2, -0.15) is 0 Å². The van der Waals surface area contributed by atoms with Gasteiger partial charge < -0.3 is 10.5 Å². The molecule has 0 aromatic carbocycles. The number of nitrogens with zero attached hydrogens (tertiary/aromatic N) is 1. The minimum atomic E-state index is -0.00445. The van der Waals surface area contributed by atoms with Crippen LogP contribution in [0.1, 0.15) is 73.1 Å². The minimum Gasteiger partial charge on any atom is -0.375 e. The lowest BCUT2D eigenvalue weighted by Gasteiger charge is -2.53. The van der Waals surface area contributed by atoms with E-state index in [1.165, 1.54) is 25.8 Å². The lowest BCUT2D eigenvalue weighted by atomic mass is 9.77. The summed E-state index contributed by atoms with van der Waals surface area (Å²) in [5, 5.41) is 0. The molecule has 0 aliphatic carbocycles. The summed E-state index contributed by atoms with van der Waals surface area (Å²) in [5.74, 6) is 0. The van der Waals surface area contributed by atoms with Crippen molar-refractivity contribution in [1.29, 1.82) is 0 Å². The van der Waals surface area contributed by atoms with Gasteiger partial charge in [0.2, 0.25) is 0 Å². The van der Waals surface area contributed by atoms with Crippen molar-refractivity contribution in [1.82, 2.24) is 4.90 Å². The largest absolute Gasteiger partial charge is 0.375 e. The van der Waals surface area contributed by atoms with Crippen LogP contribution >= 0.6 is 0 Å². The number of hydrogen-bond donors (Lipinski definition) is 1. The van der Waals surface area contributed by atoms with E-state index < -0.39 is 0 Å². The summed E-state index contributed by atoms with van der Waals surface area (Å²) in [6.45, 7) is 14.1. The van der Waals surface area contributed by atoms with Crippen molar-refractivity contribution in [2.24, 2.45) is 5.73 Å². The molecule has 2 atom stereocenters. The Kier molecular flexibility index (Phi) is 6.96. The van der Waals surface area contributed by atoms with Gasteiger partial charge in [-0.15, -0.1) is 0 Å². The molecule has 0 bridgehead atoms. The van der Waals surface area contributed by atoms with Crippen LogP contribution in [0.2, 0.25) is 0 Å². The maximum Gasteiger partial charge on any atom is 0.0670 e. The van der Waals surface area contributed by atoms with Crippen LogP contribution in [0.15, 0.2) is 0 Å². The van der Waals surface area contributed by atoms with Crippen LogP contribution in [-0.2, 0) is 4.74 Å². The second-order valence-electron chi connectivity index (χ2n) is 7.00. The Balaban J connectivity index is 2.86. The fourth-order valence-corrected chi connectivity index (χ4v) is 3.66. The van der Waals surface area contributed by atoms with E-state index in [4.69, 9.17) is 10.5 Å². The molecule has 3 nitrogen and oxygen atoms in total. The van der Waals surface area contributed by atoms with Crippen molar-refractivity contribution in [3.63, 3.8) is 0 Å². The van der Waals surface area contributed by atoms with Crippen LogP contribution in [0.3, 0.4) is 0 Å². The Morgan fingerprint density at radius 2 is 1.95 bits per heavy atom. The zero-order valence-corrected chi connectivity index (χ0v) is 14.4. The van der Waals surface area contributed by atoms with E-state index >= 15 is 0 Å². The summed E-state index contributed by atoms with van der Waals surface area (Å²) >= 11 is 0. The molecule has 0 saturated carbocycles. The van der Waals surface area contributed by atoms with Crippen LogP contribution in [-0.4, -0.2) is 41.8 Å². The predicted molar refractivity (Wildman–Crippen MR) is 87.0 cm³/mol. The highest BCUT2D eigenvalue weighted by atomic mass is 16.5. The minimum absolute atomic E-state index is 0.00445. The van der Waals surface area contributed by atoms with E-state index in [1.54, 1.807) is 0 Å². The second kappa shape index (κ2) is 7.77. The number of unbranched alkanes of at least 4 members (excludes halogenated alkanes) is 2. The first-order chi connectivity index (χ1) is 9.43. The Morgan fingerprint density at radius 1 is 1.25 bits per heavy atom. The summed E-state index contributed by atoms with van der Waals surface area (Å²) < 4.78 is 6.05. The van der Waals surface area contributed by atoms with E-state index in [0.29, 0.717) is 6.04 Å². The van der Waals surface area contributed by atoms with Crippen molar-refractivity contribution in [2.75, 3.05) is 19.7 Å². The zero-order chi connectivity index (χ0) is 15.2. The van der Waals surface area contributed by atoms with Crippen molar-refractivity contribution in [3.05, 3.63) is 0 Å². The summed E-state index contributed by atoms with van der Waals surface area (Å²) in [7, 11) is 0. The topological polar surface area (TPSA) is 38.5 Å². The molecule has 0 radical (unpaired) electrons. The maximum atomic E-state index is 6.26. The van der Waals surface area contributed by atoms with Gasteiger partial charge in [0, 0.05) is 24.7 Å². The highest BCUT2D eigenvalue weighted by Crippen LogP contribution is 2.39. The van der Waals surface area contributed by atoms with E-state index in [1.807, 2.05) is 0 Å². The monoisotopic (exact) mass is 284 g/mol. The number of hydrogen-bond acceptors (Lipinski definition) is 3. The molecule has 2 N–H and O–H groups in total. The van der Waals surface area contributed by atoms with Crippen molar-refractivity contribution in [2.45, 2.75) is 90.3 Å². The second-order valence-corrected chi connectivity index (χ2v) is 7.00. The van der Waals surface area contributed by atoms with Crippen molar-refractivity contribution >= 4 is 0 Å². The molecule has 1 heterocycles. The molecule has 3 heteroatoms. The first-order valence-corrected chi connectivity index (χ1v) is 8.54. The van der Waals surface area contributed by atoms with Gasteiger partial charge in [0.05, 0.1) is 5.60 Å². The van der Waals surface area contributed by atoms with Crippen LogP contribution in [0.4, 0.5) is 0 Å². The van der Waals surface area contributed by atoms with Gasteiger partial charge in [-0.3, -0.25) is 4.90 Å². The number of rotatable bonds is 8. The highest BCUT2D eigenvalue weighted by molar-refractivity contribution is 5.01. The third-order valence-electron chi connectivity index (χ3n) is 5.08. The van der Waals surface area contributed by atoms with E-state index in [0.717, 1.165) is 32.4 Å². The van der Waals surface area contributed by atoms with Crippen LogP contribution in [0.25, 0.3) is 0 Å². The average Bonchev–Trinajstić information content (AvgIpc) is 2.43. The summed E-state index contributed by atoms with van der Waals surface area (Å²) in [6, 6.07) is 0.551. The SMILES string of the molecule is CCCCCN(C(C)C)C1(CN)CCOC(C)(CC)C1. The standard InChI is InChI=1S/C17H36N2O/c1-6-8-9-11-19(15(3)4)17(14-18)10-12-20-16(5,7-2)13-17/h15H,6-14,18H2,1-5H3. The first-order valence-electron chi connectivity index (χ1n) is 8.54. The van der Waals surface area contributed by atoms with E-state index in [2.05, 4.69) is 39.5 Å². The first kappa shape index (κ1) is 17.9. The van der Waals surface area contributed by atoms with Gasteiger partial charge in [0.25, 0.3) is 0 Å². The predicted octanol–water partition coefficient (Wildman–Crippen LogP) is 3.56. The van der Waals surface area contributed by atoms with Gasteiger partial charge in [0.15, 0.2) is 0 Å². The van der Waals surface area contributed by atoms with E-state index in [9.17, 15) is 0 Å². The number of ether oxygens (including phenoxy) is 1. The third-order valence-corrected chi connectivity index (χ3v) is 5.08.